The van der Waals surface area contributed by atoms with Gasteiger partial charge in [-0.25, -0.2) is 5.48 Å². The molecule has 1 unspecified atom stereocenters. The molecule has 0 spiro atoms. The molecule has 4 amide bonds. The van der Waals surface area contributed by atoms with Gasteiger partial charge in [0.2, 0.25) is 11.8 Å². The predicted molar refractivity (Wildman–Crippen MR) is 140 cm³/mol. The van der Waals surface area contributed by atoms with Gasteiger partial charge in [-0.05, 0) is 43.2 Å². The first-order chi connectivity index (χ1) is 18.6. The lowest BCUT2D eigenvalue weighted by atomic mass is 9.67. The molecule has 0 radical (unpaired) electrons. The lowest BCUT2D eigenvalue weighted by Crippen LogP contribution is -2.48. The second-order valence-corrected chi connectivity index (χ2v) is 10.6. The standard InChI is InChI=1S/C28H32N4O7/c1-18(2)17-28(13-16-30(27(28)36)14-11-19-7-4-3-5-8-19)21(24(33)29-37)12-15-31-25(34)20-9-6-10-22(32(38)39)23(20)26(31)35/h3-10,18,21,37H,11-17H2,1-2H3,(H,29,33)/t21?,28-/m1/s1. The van der Waals surface area contributed by atoms with E-state index in [1.165, 1.54) is 12.1 Å². The Morgan fingerprint density at radius 3 is 2.44 bits per heavy atom. The number of fused-ring (bicyclic) bond motifs is 1. The van der Waals surface area contributed by atoms with Crippen molar-refractivity contribution in [2.45, 2.75) is 39.5 Å². The van der Waals surface area contributed by atoms with Crippen LogP contribution in [0.2, 0.25) is 0 Å². The Morgan fingerprint density at radius 1 is 1.08 bits per heavy atom. The van der Waals surface area contributed by atoms with Crippen LogP contribution in [0.5, 0.6) is 0 Å². The van der Waals surface area contributed by atoms with E-state index in [2.05, 4.69) is 0 Å². The van der Waals surface area contributed by atoms with Gasteiger partial charge in [-0.15, -0.1) is 0 Å². The fourth-order valence-corrected chi connectivity index (χ4v) is 6.03. The van der Waals surface area contributed by atoms with Crippen LogP contribution in [-0.4, -0.2) is 63.2 Å². The topological polar surface area (TPSA) is 150 Å². The van der Waals surface area contributed by atoms with E-state index in [0.717, 1.165) is 16.5 Å². The monoisotopic (exact) mass is 536 g/mol. The summed E-state index contributed by atoms with van der Waals surface area (Å²) in [6, 6.07) is 13.6. The summed E-state index contributed by atoms with van der Waals surface area (Å²) in [4.78, 5) is 66.4. The van der Waals surface area contributed by atoms with Crippen LogP contribution in [0, 0.1) is 27.4 Å². The molecule has 0 aromatic heterocycles. The quantitative estimate of drug-likeness (QED) is 0.194. The molecule has 1 saturated heterocycles. The number of likely N-dealkylation sites (tertiary alicyclic amines) is 1. The number of rotatable bonds is 11. The van der Waals surface area contributed by atoms with Crippen LogP contribution in [0.3, 0.4) is 0 Å². The highest BCUT2D eigenvalue weighted by Crippen LogP contribution is 2.46. The highest BCUT2D eigenvalue weighted by Gasteiger charge is 2.54. The molecule has 0 bridgehead atoms. The summed E-state index contributed by atoms with van der Waals surface area (Å²) in [6.45, 7) is 4.56. The lowest BCUT2D eigenvalue weighted by Gasteiger charge is -2.36. The van der Waals surface area contributed by atoms with E-state index in [1.54, 1.807) is 10.4 Å². The maximum atomic E-state index is 13.9. The molecule has 2 heterocycles. The van der Waals surface area contributed by atoms with Gasteiger partial charge in [0.25, 0.3) is 17.5 Å². The van der Waals surface area contributed by atoms with Crippen molar-refractivity contribution in [2.24, 2.45) is 17.3 Å². The minimum absolute atomic E-state index is 0.0407. The normalized spacial score (nSPS) is 19.5. The number of hydrogen-bond donors (Lipinski definition) is 2. The number of amides is 4. The molecule has 2 N–H and O–H groups in total. The van der Waals surface area contributed by atoms with Gasteiger partial charge in [-0.3, -0.25) is 39.4 Å². The number of imide groups is 1. The number of carbonyl (C=O) groups excluding carboxylic acids is 4. The van der Waals surface area contributed by atoms with Crippen LogP contribution >= 0.6 is 0 Å². The van der Waals surface area contributed by atoms with Crippen molar-refractivity contribution in [1.29, 1.82) is 0 Å². The molecule has 2 aromatic rings. The number of hydrogen-bond acceptors (Lipinski definition) is 7. The molecule has 0 saturated carbocycles. The third-order valence-corrected chi connectivity index (χ3v) is 7.74. The number of benzene rings is 2. The molecule has 1 fully saturated rings. The second-order valence-electron chi connectivity index (χ2n) is 10.6. The fraction of sp³-hybridized carbons (Fsp3) is 0.429. The molecule has 2 aliphatic rings. The third kappa shape index (κ3) is 5.26. The first-order valence-electron chi connectivity index (χ1n) is 13.0. The summed E-state index contributed by atoms with van der Waals surface area (Å²) in [5.74, 6) is -3.46. The van der Waals surface area contributed by atoms with Gasteiger partial charge in [-0.1, -0.05) is 50.2 Å². The summed E-state index contributed by atoms with van der Waals surface area (Å²) in [7, 11) is 0. The Balaban J connectivity index is 1.58. The Hall–Kier alpha value is -4.12. The van der Waals surface area contributed by atoms with Crippen molar-refractivity contribution in [3.63, 3.8) is 0 Å². The molecular weight excluding hydrogens is 504 g/mol. The zero-order chi connectivity index (χ0) is 28.3. The van der Waals surface area contributed by atoms with E-state index in [4.69, 9.17) is 0 Å². The maximum absolute atomic E-state index is 13.9. The van der Waals surface area contributed by atoms with E-state index in [-0.39, 0.29) is 35.9 Å². The SMILES string of the molecule is CC(C)C[C@@]1(C(CCN2C(=O)c3cccc([N+](=O)[O-])c3C2=O)C(=O)NO)CCN(CCc2ccccc2)C1=O. The van der Waals surface area contributed by atoms with Crippen LogP contribution in [0.15, 0.2) is 48.5 Å². The Labute approximate surface area is 225 Å². The minimum atomic E-state index is -1.14. The fourth-order valence-electron chi connectivity index (χ4n) is 6.03. The molecule has 2 aromatic carbocycles. The molecular formula is C28H32N4O7. The molecule has 4 rings (SSSR count). The lowest BCUT2D eigenvalue weighted by molar-refractivity contribution is -0.385. The first kappa shape index (κ1) is 27.9. The summed E-state index contributed by atoms with van der Waals surface area (Å²) in [5.41, 5.74) is 0.812. The second kappa shape index (κ2) is 11.3. The average Bonchev–Trinajstić information content (AvgIpc) is 3.36. The zero-order valence-electron chi connectivity index (χ0n) is 22.0. The Kier molecular flexibility index (Phi) is 8.10. The Morgan fingerprint density at radius 2 is 1.79 bits per heavy atom. The molecule has 0 aliphatic carbocycles. The molecule has 39 heavy (non-hydrogen) atoms. The Bertz CT molecular complexity index is 1300. The van der Waals surface area contributed by atoms with E-state index in [0.29, 0.717) is 32.4 Å². The van der Waals surface area contributed by atoms with Gasteiger partial charge in [0.15, 0.2) is 0 Å². The number of nitrogens with one attached hydrogen (secondary N) is 1. The van der Waals surface area contributed by atoms with Gasteiger partial charge in [-0.2, -0.15) is 0 Å². The van der Waals surface area contributed by atoms with Crippen LogP contribution in [0.1, 0.15) is 59.4 Å². The summed E-state index contributed by atoms with van der Waals surface area (Å²) >= 11 is 0. The van der Waals surface area contributed by atoms with E-state index in [9.17, 15) is 34.5 Å². The van der Waals surface area contributed by atoms with E-state index in [1.807, 2.05) is 44.2 Å². The van der Waals surface area contributed by atoms with E-state index < -0.39 is 39.7 Å². The van der Waals surface area contributed by atoms with Gasteiger partial charge >= 0.3 is 0 Å². The van der Waals surface area contributed by atoms with Crippen molar-refractivity contribution in [1.82, 2.24) is 15.3 Å². The van der Waals surface area contributed by atoms with Crippen molar-refractivity contribution in [3.8, 4) is 0 Å². The summed E-state index contributed by atoms with van der Waals surface area (Å²) in [6.07, 6.45) is 1.31. The maximum Gasteiger partial charge on any atom is 0.282 e. The van der Waals surface area contributed by atoms with Gasteiger partial charge in [0.1, 0.15) is 5.56 Å². The highest BCUT2D eigenvalue weighted by molar-refractivity contribution is 6.23. The predicted octanol–water partition coefficient (Wildman–Crippen LogP) is 3.21. The van der Waals surface area contributed by atoms with Gasteiger partial charge < -0.3 is 4.90 Å². The number of nitrogens with zero attached hydrogens (tertiary/aromatic N) is 3. The zero-order valence-corrected chi connectivity index (χ0v) is 22.0. The summed E-state index contributed by atoms with van der Waals surface area (Å²) in [5, 5.41) is 21.1. The highest BCUT2D eigenvalue weighted by atomic mass is 16.6. The van der Waals surface area contributed by atoms with Crippen molar-refractivity contribution in [3.05, 3.63) is 75.3 Å². The van der Waals surface area contributed by atoms with Crippen molar-refractivity contribution < 1.29 is 29.3 Å². The largest absolute Gasteiger partial charge is 0.342 e. The molecule has 11 heteroatoms. The van der Waals surface area contributed by atoms with Gasteiger partial charge in [0.05, 0.1) is 21.8 Å². The van der Waals surface area contributed by atoms with Crippen LogP contribution in [-0.2, 0) is 16.0 Å². The van der Waals surface area contributed by atoms with Crippen LogP contribution < -0.4 is 5.48 Å². The van der Waals surface area contributed by atoms with E-state index >= 15 is 0 Å². The molecule has 2 aliphatic heterocycles. The summed E-state index contributed by atoms with van der Waals surface area (Å²) < 4.78 is 0. The number of nitro groups is 1. The van der Waals surface area contributed by atoms with Crippen LogP contribution in [0.25, 0.3) is 0 Å². The molecule has 206 valence electrons. The van der Waals surface area contributed by atoms with Crippen molar-refractivity contribution >= 4 is 29.3 Å². The molecule has 11 nitrogen and oxygen atoms in total. The minimum Gasteiger partial charge on any atom is -0.342 e. The van der Waals surface area contributed by atoms with Gasteiger partial charge in [0, 0.05) is 25.7 Å². The molecule has 2 atom stereocenters. The smallest absolute Gasteiger partial charge is 0.282 e. The third-order valence-electron chi connectivity index (χ3n) is 7.74. The number of nitro benzene ring substituents is 1. The van der Waals surface area contributed by atoms with Crippen LogP contribution in [0.4, 0.5) is 5.69 Å². The van der Waals surface area contributed by atoms with Crippen molar-refractivity contribution in [2.75, 3.05) is 19.6 Å². The average molecular weight is 537 g/mol. The number of hydroxylamine groups is 1. The first-order valence-corrected chi connectivity index (χ1v) is 13.0. The number of carbonyl (C=O) groups is 4.